The Balaban J connectivity index is 1.39. The molecule has 1 atom stereocenters. The molecule has 1 unspecified atom stereocenters. The van der Waals surface area contributed by atoms with Crippen LogP contribution >= 0.6 is 0 Å². The molecule has 5 aromatic rings. The van der Waals surface area contributed by atoms with Gasteiger partial charge >= 0.3 is 0 Å². The second-order valence-corrected chi connectivity index (χ2v) is 9.87. The van der Waals surface area contributed by atoms with Gasteiger partial charge in [0.2, 0.25) is 0 Å². The average molecular weight is 522 g/mol. The molecule has 0 aliphatic carbocycles. The summed E-state index contributed by atoms with van der Waals surface area (Å²) in [6, 6.07) is 25.8. The number of ether oxygens (including phenoxy) is 1. The van der Waals surface area contributed by atoms with Crippen molar-refractivity contribution in [2.45, 2.75) is 19.5 Å². The number of aromatic nitrogens is 5. The first kappa shape index (κ1) is 24.8. The van der Waals surface area contributed by atoms with Crippen molar-refractivity contribution < 1.29 is 4.74 Å². The fourth-order valence-electron chi connectivity index (χ4n) is 5.49. The van der Waals surface area contributed by atoms with E-state index in [9.17, 15) is 4.79 Å². The second-order valence-electron chi connectivity index (χ2n) is 9.87. The normalized spacial score (nSPS) is 15.0. The number of aryl methyl sites for hydroxylation is 1. The highest BCUT2D eigenvalue weighted by atomic mass is 16.5. The van der Waals surface area contributed by atoms with E-state index in [0.29, 0.717) is 17.9 Å². The summed E-state index contributed by atoms with van der Waals surface area (Å²) in [5, 5.41) is 13.9. The molecule has 1 N–H and O–H groups in total. The lowest BCUT2D eigenvalue weighted by molar-refractivity contribution is 0.200. The number of methoxy groups -OCH3 is 1. The predicted octanol–water partition coefficient (Wildman–Crippen LogP) is 3.79. The van der Waals surface area contributed by atoms with E-state index in [1.807, 2.05) is 72.3 Å². The SMILES string of the molecule is COc1ccccc1N1CCN(C(c2cc3cccc(C)c3[nH]c2=O)c2nnnn2Cc2ccccc2)CC1. The van der Waals surface area contributed by atoms with E-state index in [1.54, 1.807) is 7.11 Å². The zero-order valence-corrected chi connectivity index (χ0v) is 22.1. The van der Waals surface area contributed by atoms with Gasteiger partial charge in [0.15, 0.2) is 5.82 Å². The average Bonchev–Trinajstić information content (AvgIpc) is 3.42. The number of rotatable bonds is 7. The summed E-state index contributed by atoms with van der Waals surface area (Å²) in [7, 11) is 1.70. The highest BCUT2D eigenvalue weighted by Gasteiger charge is 2.33. The number of fused-ring (bicyclic) bond motifs is 1. The van der Waals surface area contributed by atoms with Crippen LogP contribution in [0.1, 0.15) is 28.6 Å². The number of nitrogens with zero attached hydrogens (tertiary/aromatic N) is 6. The first-order valence-corrected chi connectivity index (χ1v) is 13.2. The van der Waals surface area contributed by atoms with Crippen molar-refractivity contribution in [3.05, 3.63) is 112 Å². The van der Waals surface area contributed by atoms with E-state index < -0.39 is 6.04 Å². The molecular weight excluding hydrogens is 490 g/mol. The molecular formula is C30H31N7O2. The maximum Gasteiger partial charge on any atom is 0.253 e. The molecule has 3 aromatic carbocycles. The van der Waals surface area contributed by atoms with Gasteiger partial charge in [-0.3, -0.25) is 9.69 Å². The Morgan fingerprint density at radius 3 is 2.51 bits per heavy atom. The van der Waals surface area contributed by atoms with E-state index in [2.05, 4.69) is 48.5 Å². The quantitative estimate of drug-likeness (QED) is 0.348. The van der Waals surface area contributed by atoms with Crippen LogP contribution in [0.4, 0.5) is 5.69 Å². The number of pyridine rings is 1. The Labute approximate surface area is 226 Å². The van der Waals surface area contributed by atoms with Crippen LogP contribution in [-0.4, -0.2) is 63.4 Å². The first-order valence-electron chi connectivity index (χ1n) is 13.2. The molecule has 198 valence electrons. The predicted molar refractivity (Wildman–Crippen MR) is 151 cm³/mol. The van der Waals surface area contributed by atoms with Gasteiger partial charge in [0.1, 0.15) is 11.8 Å². The molecule has 0 bridgehead atoms. The fraction of sp³-hybridized carbons (Fsp3) is 0.267. The molecule has 2 aromatic heterocycles. The third-order valence-electron chi connectivity index (χ3n) is 7.50. The van der Waals surface area contributed by atoms with Gasteiger partial charge in [-0.25, -0.2) is 4.68 Å². The number of tetrazole rings is 1. The molecule has 9 heteroatoms. The number of piperazine rings is 1. The molecule has 39 heavy (non-hydrogen) atoms. The first-order chi connectivity index (χ1) is 19.1. The Bertz CT molecular complexity index is 1640. The van der Waals surface area contributed by atoms with Crippen LogP contribution < -0.4 is 15.2 Å². The molecule has 6 rings (SSSR count). The van der Waals surface area contributed by atoms with Crippen molar-refractivity contribution in [3.63, 3.8) is 0 Å². The number of hydrogen-bond donors (Lipinski definition) is 1. The van der Waals surface area contributed by atoms with Crippen molar-refractivity contribution in [2.75, 3.05) is 38.2 Å². The number of nitrogens with one attached hydrogen (secondary N) is 1. The van der Waals surface area contributed by atoms with E-state index in [-0.39, 0.29) is 5.56 Å². The van der Waals surface area contributed by atoms with Gasteiger partial charge in [0.05, 0.1) is 24.9 Å². The standard InChI is InChI=1S/C30H31N7O2/c1-21-9-8-12-23-19-24(30(38)31-27(21)23)28(29-32-33-34-37(29)20-22-10-4-3-5-11-22)36-17-15-35(16-18-36)25-13-6-7-14-26(25)39-2/h3-14,19,28H,15-18,20H2,1-2H3,(H,31,38). The Morgan fingerprint density at radius 2 is 1.72 bits per heavy atom. The maximum atomic E-state index is 13.6. The Hall–Kier alpha value is -4.50. The highest BCUT2D eigenvalue weighted by molar-refractivity contribution is 5.82. The number of aromatic amines is 1. The third-order valence-corrected chi connectivity index (χ3v) is 7.50. The van der Waals surface area contributed by atoms with Crippen LogP contribution in [0.3, 0.4) is 0 Å². The van der Waals surface area contributed by atoms with Crippen molar-refractivity contribution >= 4 is 16.6 Å². The summed E-state index contributed by atoms with van der Waals surface area (Å²) < 4.78 is 7.42. The van der Waals surface area contributed by atoms with Crippen molar-refractivity contribution in [2.24, 2.45) is 0 Å². The topological polar surface area (TPSA) is 92.2 Å². The number of benzene rings is 3. The van der Waals surface area contributed by atoms with Crippen LogP contribution in [0, 0.1) is 6.92 Å². The molecule has 1 saturated heterocycles. The van der Waals surface area contributed by atoms with Gasteiger partial charge in [-0.1, -0.05) is 60.7 Å². The van der Waals surface area contributed by atoms with Crippen molar-refractivity contribution in [1.82, 2.24) is 30.1 Å². The number of hydrogen-bond acceptors (Lipinski definition) is 7. The van der Waals surface area contributed by atoms with E-state index >= 15 is 0 Å². The molecule has 3 heterocycles. The monoisotopic (exact) mass is 521 g/mol. The summed E-state index contributed by atoms with van der Waals surface area (Å²) in [6.45, 7) is 5.54. The minimum atomic E-state index is -0.405. The lowest BCUT2D eigenvalue weighted by Crippen LogP contribution is -2.49. The summed E-state index contributed by atoms with van der Waals surface area (Å²) in [5.74, 6) is 1.51. The lowest BCUT2D eigenvalue weighted by Gasteiger charge is -2.40. The third kappa shape index (κ3) is 4.88. The molecule has 0 saturated carbocycles. The zero-order chi connectivity index (χ0) is 26.8. The minimum absolute atomic E-state index is 0.122. The number of H-pyrrole nitrogens is 1. The molecule has 0 spiro atoms. The van der Waals surface area contributed by atoms with Crippen LogP contribution in [0.25, 0.3) is 10.9 Å². The van der Waals surface area contributed by atoms with Gasteiger partial charge in [-0.2, -0.15) is 0 Å². The van der Waals surface area contributed by atoms with E-state index in [4.69, 9.17) is 4.74 Å². The summed E-state index contributed by atoms with van der Waals surface area (Å²) in [6.07, 6.45) is 0. The van der Waals surface area contributed by atoms with Crippen LogP contribution in [0.15, 0.2) is 83.7 Å². The molecule has 0 amide bonds. The molecule has 1 fully saturated rings. The summed E-state index contributed by atoms with van der Waals surface area (Å²) in [4.78, 5) is 21.4. The second kappa shape index (κ2) is 10.7. The lowest BCUT2D eigenvalue weighted by atomic mass is 10.0. The van der Waals surface area contributed by atoms with Gasteiger partial charge < -0.3 is 14.6 Å². The van der Waals surface area contributed by atoms with Crippen LogP contribution in [-0.2, 0) is 6.54 Å². The van der Waals surface area contributed by atoms with Gasteiger partial charge in [0.25, 0.3) is 5.56 Å². The van der Waals surface area contributed by atoms with Crippen molar-refractivity contribution in [3.8, 4) is 5.75 Å². The van der Waals surface area contributed by atoms with Crippen molar-refractivity contribution in [1.29, 1.82) is 0 Å². The molecule has 1 aliphatic rings. The van der Waals surface area contributed by atoms with E-state index in [1.165, 1.54) is 0 Å². The largest absolute Gasteiger partial charge is 0.495 e. The zero-order valence-electron chi connectivity index (χ0n) is 22.1. The van der Waals surface area contributed by atoms with Crippen LogP contribution in [0.5, 0.6) is 5.75 Å². The van der Waals surface area contributed by atoms with E-state index in [0.717, 1.165) is 59.6 Å². The molecule has 9 nitrogen and oxygen atoms in total. The maximum absolute atomic E-state index is 13.6. The fourth-order valence-corrected chi connectivity index (χ4v) is 5.49. The Kier molecular flexibility index (Phi) is 6.81. The van der Waals surface area contributed by atoms with Gasteiger partial charge in [-0.05, 0) is 52.1 Å². The smallest absolute Gasteiger partial charge is 0.253 e. The molecule has 0 radical (unpaired) electrons. The molecule has 1 aliphatic heterocycles. The number of anilines is 1. The summed E-state index contributed by atoms with van der Waals surface area (Å²) >= 11 is 0. The minimum Gasteiger partial charge on any atom is -0.495 e. The highest BCUT2D eigenvalue weighted by Crippen LogP contribution is 2.32. The number of para-hydroxylation sites is 3. The Morgan fingerprint density at radius 1 is 0.949 bits per heavy atom. The van der Waals surface area contributed by atoms with Gasteiger partial charge in [-0.15, -0.1) is 5.10 Å². The van der Waals surface area contributed by atoms with Crippen LogP contribution in [0.2, 0.25) is 0 Å². The van der Waals surface area contributed by atoms with Gasteiger partial charge in [0, 0.05) is 31.7 Å². The summed E-state index contributed by atoms with van der Waals surface area (Å²) in [5.41, 5.74) is 4.58.